The third-order valence-electron chi connectivity index (χ3n) is 2.92. The molecule has 1 aromatic rings. The lowest BCUT2D eigenvalue weighted by Crippen LogP contribution is -2.31. The lowest BCUT2D eigenvalue weighted by Gasteiger charge is -2.29. The molecule has 92 valence electrons. The second-order valence-corrected chi connectivity index (χ2v) is 5.10. The highest BCUT2D eigenvalue weighted by Crippen LogP contribution is 2.29. The average molecular weight is 225 g/mol. The summed E-state index contributed by atoms with van der Waals surface area (Å²) in [6.45, 7) is 7.14. The van der Waals surface area contributed by atoms with Crippen LogP contribution in [0.3, 0.4) is 0 Å². The maximum absolute atomic E-state index is 5.89. The van der Waals surface area contributed by atoms with E-state index in [9.17, 15) is 0 Å². The Balaban J connectivity index is 2.81. The van der Waals surface area contributed by atoms with Crippen molar-refractivity contribution in [1.29, 1.82) is 0 Å². The molecule has 1 atom stereocenters. The molecule has 1 rings (SSSR count). The van der Waals surface area contributed by atoms with Crippen molar-refractivity contribution in [2.45, 2.75) is 39.2 Å². The SMILES string of the molecule is CC(CCN)CC(C)(C)n1ncc(N)c1N. The van der Waals surface area contributed by atoms with Gasteiger partial charge >= 0.3 is 0 Å². The van der Waals surface area contributed by atoms with Crippen LogP contribution in [0.4, 0.5) is 11.5 Å². The van der Waals surface area contributed by atoms with Gasteiger partial charge in [0.05, 0.1) is 17.4 Å². The monoisotopic (exact) mass is 225 g/mol. The van der Waals surface area contributed by atoms with E-state index in [0.717, 1.165) is 12.8 Å². The van der Waals surface area contributed by atoms with E-state index >= 15 is 0 Å². The summed E-state index contributed by atoms with van der Waals surface area (Å²) in [6, 6.07) is 0. The third kappa shape index (κ3) is 2.66. The molecule has 0 saturated heterocycles. The van der Waals surface area contributed by atoms with Crippen LogP contribution in [-0.2, 0) is 5.54 Å². The van der Waals surface area contributed by atoms with Crippen LogP contribution < -0.4 is 17.2 Å². The minimum atomic E-state index is -0.129. The fraction of sp³-hybridized carbons (Fsp3) is 0.727. The van der Waals surface area contributed by atoms with Crippen LogP contribution >= 0.6 is 0 Å². The summed E-state index contributed by atoms with van der Waals surface area (Å²) in [5.41, 5.74) is 17.6. The zero-order valence-corrected chi connectivity index (χ0v) is 10.4. The first-order valence-electron chi connectivity index (χ1n) is 5.68. The van der Waals surface area contributed by atoms with Crippen LogP contribution in [0, 0.1) is 5.92 Å². The van der Waals surface area contributed by atoms with Gasteiger partial charge in [0, 0.05) is 0 Å². The van der Waals surface area contributed by atoms with Gasteiger partial charge in [-0.15, -0.1) is 0 Å². The summed E-state index contributed by atoms with van der Waals surface area (Å²) in [5, 5.41) is 4.24. The van der Waals surface area contributed by atoms with E-state index in [0.29, 0.717) is 24.0 Å². The predicted molar refractivity (Wildman–Crippen MR) is 67.8 cm³/mol. The van der Waals surface area contributed by atoms with E-state index in [-0.39, 0.29) is 5.54 Å². The quantitative estimate of drug-likeness (QED) is 0.700. The Morgan fingerprint density at radius 2 is 2.06 bits per heavy atom. The molecule has 0 fully saturated rings. The molecule has 0 aromatic carbocycles. The number of rotatable bonds is 5. The lowest BCUT2D eigenvalue weighted by molar-refractivity contribution is 0.249. The molecule has 5 nitrogen and oxygen atoms in total. The Hall–Kier alpha value is -1.23. The van der Waals surface area contributed by atoms with E-state index in [1.54, 1.807) is 10.9 Å². The Morgan fingerprint density at radius 1 is 1.44 bits per heavy atom. The lowest BCUT2D eigenvalue weighted by atomic mass is 9.90. The number of nitrogens with two attached hydrogens (primary N) is 3. The van der Waals surface area contributed by atoms with Crippen molar-refractivity contribution >= 4 is 11.5 Å². The molecule has 0 radical (unpaired) electrons. The Bertz CT molecular complexity index is 342. The van der Waals surface area contributed by atoms with Crippen molar-refractivity contribution in [3.8, 4) is 0 Å². The van der Waals surface area contributed by atoms with Crippen molar-refractivity contribution in [2.24, 2.45) is 11.7 Å². The first-order chi connectivity index (χ1) is 7.38. The van der Waals surface area contributed by atoms with Crippen LogP contribution in [0.25, 0.3) is 0 Å². The number of hydrogen-bond acceptors (Lipinski definition) is 4. The number of hydrogen-bond donors (Lipinski definition) is 3. The highest BCUT2D eigenvalue weighted by atomic mass is 15.3. The molecular weight excluding hydrogens is 202 g/mol. The first kappa shape index (κ1) is 12.8. The second-order valence-electron chi connectivity index (χ2n) is 5.10. The molecule has 0 amide bonds. The normalized spacial score (nSPS) is 14.0. The van der Waals surface area contributed by atoms with Crippen molar-refractivity contribution in [2.75, 3.05) is 18.0 Å². The van der Waals surface area contributed by atoms with Crippen molar-refractivity contribution in [3.63, 3.8) is 0 Å². The van der Waals surface area contributed by atoms with Gasteiger partial charge in [-0.1, -0.05) is 6.92 Å². The van der Waals surface area contributed by atoms with Crippen molar-refractivity contribution < 1.29 is 0 Å². The van der Waals surface area contributed by atoms with Gasteiger partial charge < -0.3 is 17.2 Å². The van der Waals surface area contributed by atoms with Crippen molar-refractivity contribution in [1.82, 2.24) is 9.78 Å². The smallest absolute Gasteiger partial charge is 0.145 e. The zero-order chi connectivity index (χ0) is 12.3. The largest absolute Gasteiger partial charge is 0.394 e. The third-order valence-corrected chi connectivity index (χ3v) is 2.92. The number of nitrogens with zero attached hydrogens (tertiary/aromatic N) is 2. The van der Waals surface area contributed by atoms with Gasteiger partial charge in [-0.25, -0.2) is 4.68 Å². The zero-order valence-electron chi connectivity index (χ0n) is 10.4. The molecule has 1 unspecified atom stereocenters. The summed E-state index contributed by atoms with van der Waals surface area (Å²) in [5.74, 6) is 1.09. The average Bonchev–Trinajstić information content (AvgIpc) is 2.47. The highest BCUT2D eigenvalue weighted by Gasteiger charge is 2.26. The summed E-state index contributed by atoms with van der Waals surface area (Å²) < 4.78 is 1.80. The van der Waals surface area contributed by atoms with Crippen LogP contribution in [-0.4, -0.2) is 16.3 Å². The van der Waals surface area contributed by atoms with E-state index in [1.165, 1.54) is 0 Å². The molecule has 1 aromatic heterocycles. The number of aromatic nitrogens is 2. The van der Waals surface area contributed by atoms with Crippen LogP contribution in [0.5, 0.6) is 0 Å². The highest BCUT2D eigenvalue weighted by molar-refractivity contribution is 5.57. The van der Waals surface area contributed by atoms with E-state index in [4.69, 9.17) is 17.2 Å². The fourth-order valence-corrected chi connectivity index (χ4v) is 2.18. The van der Waals surface area contributed by atoms with Gasteiger partial charge in [-0.05, 0) is 39.2 Å². The molecule has 0 bridgehead atoms. The second kappa shape index (κ2) is 4.74. The van der Waals surface area contributed by atoms with Gasteiger partial charge in [0.25, 0.3) is 0 Å². The van der Waals surface area contributed by atoms with Gasteiger partial charge in [0.15, 0.2) is 0 Å². The van der Waals surface area contributed by atoms with E-state index in [1.807, 2.05) is 0 Å². The predicted octanol–water partition coefficient (Wildman–Crippen LogP) is 1.16. The van der Waals surface area contributed by atoms with Crippen LogP contribution in [0.1, 0.15) is 33.6 Å². The summed E-state index contributed by atoms with van der Waals surface area (Å²) >= 11 is 0. The number of anilines is 2. The Labute approximate surface area is 97.0 Å². The van der Waals surface area contributed by atoms with E-state index in [2.05, 4.69) is 25.9 Å². The minimum absolute atomic E-state index is 0.129. The molecule has 16 heavy (non-hydrogen) atoms. The number of nitrogen functional groups attached to an aromatic ring is 2. The molecule has 6 N–H and O–H groups in total. The minimum Gasteiger partial charge on any atom is -0.394 e. The topological polar surface area (TPSA) is 95.9 Å². The van der Waals surface area contributed by atoms with Gasteiger partial charge in [0.2, 0.25) is 0 Å². The van der Waals surface area contributed by atoms with Gasteiger partial charge in [0.1, 0.15) is 5.82 Å². The van der Waals surface area contributed by atoms with Crippen LogP contribution in [0.15, 0.2) is 6.20 Å². The molecule has 1 heterocycles. The van der Waals surface area contributed by atoms with Crippen molar-refractivity contribution in [3.05, 3.63) is 6.20 Å². The van der Waals surface area contributed by atoms with Gasteiger partial charge in [-0.2, -0.15) is 5.10 Å². The summed E-state index contributed by atoms with van der Waals surface area (Å²) in [7, 11) is 0. The molecule has 0 spiro atoms. The molecule has 0 aliphatic rings. The molecule has 0 saturated carbocycles. The molecule has 0 aliphatic heterocycles. The Kier molecular flexibility index (Phi) is 3.80. The maximum atomic E-state index is 5.89. The Morgan fingerprint density at radius 3 is 2.50 bits per heavy atom. The first-order valence-corrected chi connectivity index (χ1v) is 5.68. The fourth-order valence-electron chi connectivity index (χ4n) is 2.18. The standard InChI is InChI=1S/C11H23N5/c1-8(4-5-12)6-11(2,3)16-10(14)9(13)7-15-16/h7-8H,4-6,12-14H2,1-3H3. The van der Waals surface area contributed by atoms with Crippen LogP contribution in [0.2, 0.25) is 0 Å². The van der Waals surface area contributed by atoms with E-state index < -0.39 is 0 Å². The summed E-state index contributed by atoms with van der Waals surface area (Å²) in [4.78, 5) is 0. The van der Waals surface area contributed by atoms with Gasteiger partial charge in [-0.3, -0.25) is 0 Å². The molecule has 5 heteroatoms. The molecular formula is C11H23N5. The maximum Gasteiger partial charge on any atom is 0.145 e. The molecule has 0 aliphatic carbocycles. The summed E-state index contributed by atoms with van der Waals surface area (Å²) in [6.07, 6.45) is 3.60.